The third-order valence-corrected chi connectivity index (χ3v) is 0. The molecule has 0 atom stereocenters. The van der Waals surface area contributed by atoms with E-state index >= 15 is 0 Å². The van der Waals surface area contributed by atoms with Crippen molar-refractivity contribution in [2.24, 2.45) is 0 Å². The topological polar surface area (TPSA) is 0 Å². The normalized spacial score (nSPS) is 1.33. The first-order valence-corrected chi connectivity index (χ1v) is 1.73. The van der Waals surface area contributed by atoms with Crippen molar-refractivity contribution in [3.8, 4) is 0 Å². The van der Waals surface area contributed by atoms with E-state index in [1.54, 1.807) is 0 Å². The van der Waals surface area contributed by atoms with Crippen LogP contribution in [0.15, 0.2) is 0 Å². The Hall–Kier alpha value is 3.28. The number of hydrogen-bond donors (Lipinski definition) is 0. The fraction of sp³-hybridized carbons (Fsp3) is 0. The summed E-state index contributed by atoms with van der Waals surface area (Å²) < 4.78 is 0. The Balaban J connectivity index is -0.000000000833. The zero-order chi connectivity index (χ0) is 2.00. The van der Waals surface area contributed by atoms with Gasteiger partial charge in [-0.1, -0.05) is 0 Å². The van der Waals surface area contributed by atoms with E-state index in [9.17, 15) is 0 Å². The predicted octanol–water partition coefficient (Wildman–Crippen LogP) is -1.57. The van der Waals surface area contributed by atoms with E-state index in [1.807, 2.05) is 0 Å². The molecule has 0 aromatic heterocycles. The molecule has 6 heavy (non-hydrogen) atoms. The Kier molecular flexibility index (Phi) is 236. The standard InChI is InChI=1S/BH3Si.Cr.Hf.Ti.Zr/c1-2;;;;/h2H3;;;;. The Morgan fingerprint density at radius 1 is 1.17 bits per heavy atom. The van der Waals surface area contributed by atoms with Crippen LogP contribution in [0.1, 0.15) is 0 Å². The monoisotopic (exact) mass is 412 g/mol. The van der Waals surface area contributed by atoms with Crippen LogP contribution in [0.5, 0.6) is 0 Å². The average molecular weight is 411 g/mol. The van der Waals surface area contributed by atoms with Crippen LogP contribution in [0.25, 0.3) is 0 Å². The van der Waals surface area contributed by atoms with Gasteiger partial charge in [-0.25, -0.2) is 0 Å². The molecular formula is H3BCrHfSiTiZr. The minimum Gasteiger partial charge on any atom is -0.0388 e. The third-order valence-electron chi connectivity index (χ3n) is 0. The first-order chi connectivity index (χ1) is 1.00. The van der Waals surface area contributed by atoms with E-state index in [2.05, 4.69) is 7.44 Å². The first kappa shape index (κ1) is 34.7. The van der Waals surface area contributed by atoms with E-state index in [0.29, 0.717) is 0 Å². The van der Waals surface area contributed by atoms with Gasteiger partial charge < -0.3 is 0 Å². The molecule has 0 aromatic carbocycles. The molecule has 0 aliphatic carbocycles. The van der Waals surface area contributed by atoms with Crippen molar-refractivity contribution < 1.29 is 91.1 Å². The molecule has 0 unspecified atom stereocenters. The van der Waals surface area contributed by atoms with Crippen LogP contribution in [0.4, 0.5) is 0 Å². The second-order valence-electron chi connectivity index (χ2n) is 0. The SMILES string of the molecule is [B][SiH3].[Cr].[Hf].[Ti].[Zr]. The summed E-state index contributed by atoms with van der Waals surface area (Å²) in [6.45, 7) is 0. The molecule has 0 aliphatic rings. The molecule has 28 valence electrons. The van der Waals surface area contributed by atoms with Gasteiger partial charge in [0.05, 0.1) is 0 Å². The molecule has 0 spiro atoms. The van der Waals surface area contributed by atoms with Gasteiger partial charge in [0, 0.05) is 98.6 Å². The molecule has 0 fully saturated rings. The molecule has 0 rings (SSSR count). The summed E-state index contributed by atoms with van der Waals surface area (Å²) in [5, 5.41) is 0. The Labute approximate surface area is 107 Å². The second kappa shape index (κ2) is 40.8. The van der Waals surface area contributed by atoms with Gasteiger partial charge in [-0.2, -0.15) is 0 Å². The van der Waals surface area contributed by atoms with E-state index < -0.39 is 0 Å². The molecule has 6 heteroatoms. The fourth-order valence-electron chi connectivity index (χ4n) is 0. The Morgan fingerprint density at radius 2 is 1.17 bits per heavy atom. The molecule has 0 aromatic rings. The van der Waals surface area contributed by atoms with Crippen molar-refractivity contribution in [3.63, 3.8) is 0 Å². The van der Waals surface area contributed by atoms with Gasteiger partial charge in [-0.15, -0.1) is 0 Å². The predicted molar refractivity (Wildman–Crippen MR) is 15.7 cm³/mol. The van der Waals surface area contributed by atoms with Crippen molar-refractivity contribution in [2.45, 2.75) is 0 Å². The van der Waals surface area contributed by atoms with Gasteiger partial charge in [0.15, 0.2) is 0 Å². The maximum absolute atomic E-state index is 4.64. The van der Waals surface area contributed by atoms with E-state index in [1.165, 1.54) is 0 Å². The van der Waals surface area contributed by atoms with Crippen LogP contribution in [0, 0.1) is 0 Å². The molecule has 0 saturated heterocycles. The van der Waals surface area contributed by atoms with E-state index in [-0.39, 0.29) is 91.1 Å². The molecule has 0 N–H and O–H groups in total. The van der Waals surface area contributed by atoms with Crippen LogP contribution in [-0.4, -0.2) is 17.6 Å². The molecule has 2 radical (unpaired) electrons. The van der Waals surface area contributed by atoms with Crippen LogP contribution < -0.4 is 0 Å². The van der Waals surface area contributed by atoms with Crippen molar-refractivity contribution in [1.82, 2.24) is 0 Å². The number of rotatable bonds is 0. The van der Waals surface area contributed by atoms with Gasteiger partial charge in [-0.05, 0) is 10.1 Å². The quantitative estimate of drug-likeness (QED) is 0.423. The van der Waals surface area contributed by atoms with Crippen molar-refractivity contribution >= 4 is 17.6 Å². The summed E-state index contributed by atoms with van der Waals surface area (Å²) in [5.74, 6) is 0. The summed E-state index contributed by atoms with van der Waals surface area (Å²) >= 11 is 0. The fourth-order valence-corrected chi connectivity index (χ4v) is 0. The largest absolute Gasteiger partial charge is 0.0434 e. The van der Waals surface area contributed by atoms with Gasteiger partial charge in [0.1, 0.15) is 0 Å². The summed E-state index contributed by atoms with van der Waals surface area (Å²) in [5.41, 5.74) is 0. The van der Waals surface area contributed by atoms with E-state index in [0.717, 1.165) is 10.1 Å². The van der Waals surface area contributed by atoms with Crippen molar-refractivity contribution in [2.75, 3.05) is 0 Å². The van der Waals surface area contributed by atoms with Gasteiger partial charge in [-0.3, -0.25) is 0 Å². The summed E-state index contributed by atoms with van der Waals surface area (Å²) in [4.78, 5) is 0. The average Bonchev–Trinajstić information content (AvgIpc) is 1.00. The Morgan fingerprint density at radius 3 is 1.17 bits per heavy atom. The maximum Gasteiger partial charge on any atom is 0.0434 e. The maximum atomic E-state index is 4.64. The minimum atomic E-state index is 0. The van der Waals surface area contributed by atoms with Gasteiger partial charge >= 0.3 is 0 Å². The summed E-state index contributed by atoms with van der Waals surface area (Å²) in [7, 11) is 5.44. The second-order valence-corrected chi connectivity index (χ2v) is 0. The zero-order valence-electron chi connectivity index (χ0n) is 3.49. The number of hydrogen-bond acceptors (Lipinski definition) is 0. The van der Waals surface area contributed by atoms with Crippen LogP contribution in [0.2, 0.25) is 0 Å². The van der Waals surface area contributed by atoms with Crippen molar-refractivity contribution in [3.05, 3.63) is 0 Å². The van der Waals surface area contributed by atoms with E-state index in [4.69, 9.17) is 0 Å². The smallest absolute Gasteiger partial charge is 0.0388 e. The molecule has 0 heterocycles. The summed E-state index contributed by atoms with van der Waals surface area (Å²) in [6.07, 6.45) is 0. The first-order valence-electron chi connectivity index (χ1n) is 0.577. The molecule has 0 saturated carbocycles. The molecule has 0 aliphatic heterocycles. The van der Waals surface area contributed by atoms with Crippen LogP contribution in [0.3, 0.4) is 0 Å². The Bertz CT molecular complexity index is 15.5. The minimum absolute atomic E-state index is 0. The molecule has 0 amide bonds. The van der Waals surface area contributed by atoms with Crippen LogP contribution in [-0.2, 0) is 91.1 Å². The third kappa shape index (κ3) is 26.7. The molecular weight excluding hydrogens is 408 g/mol. The molecule has 0 nitrogen and oxygen atoms in total. The van der Waals surface area contributed by atoms with Crippen molar-refractivity contribution in [1.29, 1.82) is 0 Å². The summed E-state index contributed by atoms with van der Waals surface area (Å²) in [6, 6.07) is 0. The molecule has 0 bridgehead atoms. The van der Waals surface area contributed by atoms with Gasteiger partial charge in [0.2, 0.25) is 0 Å². The zero-order valence-corrected chi connectivity index (χ0v) is 14.4. The van der Waals surface area contributed by atoms with Crippen LogP contribution >= 0.6 is 0 Å². The van der Waals surface area contributed by atoms with Gasteiger partial charge in [0.25, 0.3) is 0 Å².